The molecule has 0 saturated carbocycles. The minimum atomic E-state index is -0.942. The lowest BCUT2D eigenvalue weighted by atomic mass is 10.1. The fraction of sp³-hybridized carbons (Fsp3) is 0.556. The lowest BCUT2D eigenvalue weighted by molar-refractivity contribution is -0.167. The highest BCUT2D eigenvalue weighted by atomic mass is 32.2. The van der Waals surface area contributed by atoms with Crippen molar-refractivity contribution >= 4 is 23.9 Å². The van der Waals surface area contributed by atoms with Gasteiger partial charge in [0.05, 0.1) is 0 Å². The summed E-state index contributed by atoms with van der Waals surface area (Å²) in [5.74, 6) is -0.216. The van der Waals surface area contributed by atoms with Gasteiger partial charge in [0, 0.05) is 18.2 Å². The van der Waals surface area contributed by atoms with E-state index in [1.807, 2.05) is 30.3 Å². The zero-order chi connectivity index (χ0) is 17.6. The van der Waals surface area contributed by atoms with Crippen LogP contribution in [0.5, 0.6) is 0 Å². The van der Waals surface area contributed by atoms with E-state index in [2.05, 4.69) is 6.92 Å². The Labute approximate surface area is 148 Å². The Kier molecular flexibility index (Phi) is 10.8. The standard InChI is InChI=1S/C18H26O5S/c1-3-4-5-6-10-13-17(19)22-15(2)23-18(20)21-14-24-16-11-8-7-9-12-16/h7-9,11-12,15H,3-6,10,13-14H2,1-2H3. The predicted octanol–water partition coefficient (Wildman–Crippen LogP) is 5.14. The van der Waals surface area contributed by atoms with Gasteiger partial charge in [-0.05, 0) is 18.6 Å². The van der Waals surface area contributed by atoms with E-state index in [4.69, 9.17) is 14.2 Å². The second-order valence-electron chi connectivity index (χ2n) is 5.31. The SMILES string of the molecule is CCCCCCCC(=O)OC(C)OC(=O)OCSc1ccccc1. The van der Waals surface area contributed by atoms with Gasteiger partial charge >= 0.3 is 12.1 Å². The fourth-order valence-corrected chi connectivity index (χ4v) is 2.61. The zero-order valence-electron chi connectivity index (χ0n) is 14.4. The first-order chi connectivity index (χ1) is 11.6. The Bertz CT molecular complexity index is 478. The quantitative estimate of drug-likeness (QED) is 0.237. The number of benzene rings is 1. The molecule has 0 bridgehead atoms. The summed E-state index contributed by atoms with van der Waals surface area (Å²) in [5.41, 5.74) is 0. The molecule has 0 aromatic heterocycles. The van der Waals surface area contributed by atoms with Crippen LogP contribution >= 0.6 is 11.8 Å². The van der Waals surface area contributed by atoms with Gasteiger partial charge in [-0.15, -0.1) is 0 Å². The molecule has 0 aliphatic heterocycles. The molecule has 1 aromatic rings. The normalized spacial score (nSPS) is 11.6. The van der Waals surface area contributed by atoms with Crippen LogP contribution in [0, 0.1) is 0 Å². The van der Waals surface area contributed by atoms with Crippen LogP contribution in [-0.4, -0.2) is 24.4 Å². The van der Waals surface area contributed by atoms with E-state index in [-0.39, 0.29) is 11.9 Å². The number of esters is 1. The molecule has 0 aliphatic carbocycles. The molecule has 6 heteroatoms. The Morgan fingerprint density at radius 1 is 1.04 bits per heavy atom. The second kappa shape index (κ2) is 12.7. The smallest absolute Gasteiger partial charge is 0.425 e. The molecule has 5 nitrogen and oxygen atoms in total. The van der Waals surface area contributed by atoms with Crippen molar-refractivity contribution in [3.63, 3.8) is 0 Å². The van der Waals surface area contributed by atoms with Crippen molar-refractivity contribution < 1.29 is 23.8 Å². The highest BCUT2D eigenvalue weighted by molar-refractivity contribution is 7.99. The van der Waals surface area contributed by atoms with Crippen LogP contribution in [0.25, 0.3) is 0 Å². The highest BCUT2D eigenvalue weighted by Crippen LogP contribution is 2.17. The molecular formula is C18H26O5S. The van der Waals surface area contributed by atoms with Crippen molar-refractivity contribution in [2.24, 2.45) is 0 Å². The average Bonchev–Trinajstić information content (AvgIpc) is 2.55. The average molecular weight is 354 g/mol. The van der Waals surface area contributed by atoms with Crippen LogP contribution in [0.3, 0.4) is 0 Å². The van der Waals surface area contributed by atoms with E-state index in [9.17, 15) is 9.59 Å². The maximum atomic E-state index is 11.6. The minimum absolute atomic E-state index is 0.140. The van der Waals surface area contributed by atoms with Gasteiger partial charge < -0.3 is 14.2 Å². The van der Waals surface area contributed by atoms with Crippen LogP contribution in [-0.2, 0) is 19.0 Å². The number of hydrogen-bond donors (Lipinski definition) is 0. The molecule has 0 radical (unpaired) electrons. The number of unbranched alkanes of at least 4 members (excludes halogenated alkanes) is 4. The van der Waals surface area contributed by atoms with E-state index in [0.717, 1.165) is 24.2 Å². The predicted molar refractivity (Wildman–Crippen MR) is 93.7 cm³/mol. The summed E-state index contributed by atoms with van der Waals surface area (Å²) in [4.78, 5) is 24.1. The molecular weight excluding hydrogens is 328 g/mol. The molecule has 1 atom stereocenters. The number of ether oxygens (including phenoxy) is 3. The monoisotopic (exact) mass is 354 g/mol. The van der Waals surface area contributed by atoms with E-state index in [1.165, 1.54) is 31.5 Å². The van der Waals surface area contributed by atoms with Crippen LogP contribution in [0.15, 0.2) is 35.2 Å². The summed E-state index contributed by atoms with van der Waals surface area (Å²) >= 11 is 1.38. The molecule has 0 heterocycles. The lowest BCUT2D eigenvalue weighted by Crippen LogP contribution is -2.22. The lowest BCUT2D eigenvalue weighted by Gasteiger charge is -2.13. The number of thioether (sulfide) groups is 1. The number of rotatable bonds is 11. The van der Waals surface area contributed by atoms with E-state index < -0.39 is 12.4 Å². The molecule has 1 aromatic carbocycles. The van der Waals surface area contributed by atoms with Gasteiger partial charge in [-0.3, -0.25) is 4.79 Å². The molecule has 24 heavy (non-hydrogen) atoms. The van der Waals surface area contributed by atoms with Crippen molar-refractivity contribution in [3.05, 3.63) is 30.3 Å². The molecule has 0 amide bonds. The van der Waals surface area contributed by atoms with Crippen molar-refractivity contribution in [1.29, 1.82) is 0 Å². The maximum Gasteiger partial charge on any atom is 0.512 e. The highest BCUT2D eigenvalue weighted by Gasteiger charge is 2.15. The number of carbonyl (C=O) groups is 2. The third-order valence-electron chi connectivity index (χ3n) is 3.19. The minimum Gasteiger partial charge on any atom is -0.425 e. The number of hydrogen-bond acceptors (Lipinski definition) is 6. The molecule has 0 fully saturated rings. The summed E-state index contributed by atoms with van der Waals surface area (Å²) in [6.45, 7) is 3.64. The van der Waals surface area contributed by atoms with Gasteiger partial charge in [0.25, 0.3) is 0 Å². The largest absolute Gasteiger partial charge is 0.512 e. The molecule has 0 saturated heterocycles. The summed E-state index contributed by atoms with van der Waals surface area (Å²) in [6, 6.07) is 9.57. The first kappa shape index (κ1) is 20.4. The van der Waals surface area contributed by atoms with Gasteiger partial charge in [0.2, 0.25) is 6.29 Å². The Morgan fingerprint density at radius 2 is 1.75 bits per heavy atom. The summed E-state index contributed by atoms with van der Waals surface area (Å²) < 4.78 is 14.8. The molecule has 0 N–H and O–H groups in total. The van der Waals surface area contributed by atoms with E-state index >= 15 is 0 Å². The molecule has 0 aliphatic rings. The van der Waals surface area contributed by atoms with E-state index in [1.54, 1.807) is 0 Å². The van der Waals surface area contributed by atoms with E-state index in [0.29, 0.717) is 6.42 Å². The molecule has 134 valence electrons. The maximum absolute atomic E-state index is 11.6. The van der Waals surface area contributed by atoms with Gasteiger partial charge in [-0.1, -0.05) is 62.6 Å². The Hall–Kier alpha value is -1.69. The fourth-order valence-electron chi connectivity index (χ4n) is 1.97. The van der Waals surface area contributed by atoms with Crippen LogP contribution in [0.4, 0.5) is 4.79 Å². The van der Waals surface area contributed by atoms with Gasteiger partial charge in [-0.25, -0.2) is 4.79 Å². The molecule has 1 rings (SSSR count). The topological polar surface area (TPSA) is 61.8 Å². The Morgan fingerprint density at radius 3 is 2.46 bits per heavy atom. The Balaban J connectivity index is 2.09. The van der Waals surface area contributed by atoms with Crippen LogP contribution in [0.2, 0.25) is 0 Å². The summed E-state index contributed by atoms with van der Waals surface area (Å²) in [5, 5.41) is 0. The molecule has 1 unspecified atom stereocenters. The third-order valence-corrected chi connectivity index (χ3v) is 4.03. The van der Waals surface area contributed by atoms with Gasteiger partial charge in [-0.2, -0.15) is 0 Å². The van der Waals surface area contributed by atoms with Crippen molar-refractivity contribution in [1.82, 2.24) is 0 Å². The number of carbonyl (C=O) groups excluding carboxylic acids is 2. The van der Waals surface area contributed by atoms with Crippen molar-refractivity contribution in [2.75, 3.05) is 5.94 Å². The van der Waals surface area contributed by atoms with Crippen molar-refractivity contribution in [3.8, 4) is 0 Å². The third kappa shape index (κ3) is 10.2. The van der Waals surface area contributed by atoms with Crippen LogP contribution < -0.4 is 0 Å². The second-order valence-corrected chi connectivity index (χ2v) is 6.30. The van der Waals surface area contributed by atoms with Crippen molar-refractivity contribution in [2.45, 2.75) is 63.6 Å². The van der Waals surface area contributed by atoms with Crippen LogP contribution in [0.1, 0.15) is 52.4 Å². The van der Waals surface area contributed by atoms with Gasteiger partial charge in [0.1, 0.15) is 5.94 Å². The first-order valence-corrected chi connectivity index (χ1v) is 9.31. The summed E-state index contributed by atoms with van der Waals surface area (Å²) in [6.07, 6.45) is 3.84. The zero-order valence-corrected chi connectivity index (χ0v) is 15.2. The van der Waals surface area contributed by atoms with Gasteiger partial charge in [0.15, 0.2) is 0 Å². The first-order valence-electron chi connectivity index (χ1n) is 8.32. The summed E-state index contributed by atoms with van der Waals surface area (Å²) in [7, 11) is 0. The molecule has 0 spiro atoms.